The largest absolute Gasteiger partial charge is 0.462 e. The first-order chi connectivity index (χ1) is 9.63. The van der Waals surface area contributed by atoms with Gasteiger partial charge in [-0.15, -0.1) is 0 Å². The number of aryl methyl sites for hydroxylation is 2. The maximum absolute atomic E-state index is 11.8. The molecule has 1 N–H and O–H groups in total. The highest BCUT2D eigenvalue weighted by Gasteiger charge is 2.14. The molecule has 0 aliphatic carbocycles. The van der Waals surface area contributed by atoms with E-state index in [4.69, 9.17) is 9.26 Å². The molecule has 0 bridgehead atoms. The summed E-state index contributed by atoms with van der Waals surface area (Å²) in [4.78, 5) is 16.0. The molecule has 2 aromatic heterocycles. The van der Waals surface area contributed by atoms with Crippen LogP contribution in [-0.2, 0) is 11.3 Å². The number of aromatic nitrogens is 2. The highest BCUT2D eigenvalue weighted by atomic mass is 16.5. The number of hydrogen-bond donors (Lipinski definition) is 1. The van der Waals surface area contributed by atoms with Gasteiger partial charge >= 0.3 is 5.97 Å². The van der Waals surface area contributed by atoms with Gasteiger partial charge in [-0.1, -0.05) is 5.16 Å². The topological polar surface area (TPSA) is 77.2 Å². The van der Waals surface area contributed by atoms with Crippen molar-refractivity contribution in [3.63, 3.8) is 0 Å². The second kappa shape index (κ2) is 6.18. The average molecular weight is 275 g/mol. The molecule has 106 valence electrons. The first-order valence-corrected chi connectivity index (χ1v) is 6.41. The van der Waals surface area contributed by atoms with E-state index in [1.165, 1.54) is 0 Å². The molecule has 6 nitrogen and oxygen atoms in total. The number of carbonyl (C=O) groups is 1. The lowest BCUT2D eigenvalue weighted by Gasteiger charge is -2.09. The lowest BCUT2D eigenvalue weighted by Crippen LogP contribution is -2.11. The van der Waals surface area contributed by atoms with Gasteiger partial charge < -0.3 is 14.6 Å². The molecule has 0 spiro atoms. The third-order valence-electron chi connectivity index (χ3n) is 2.92. The number of nitrogens with zero attached hydrogens (tertiary/aromatic N) is 2. The van der Waals surface area contributed by atoms with Gasteiger partial charge in [0.1, 0.15) is 17.1 Å². The Morgan fingerprint density at radius 2 is 2.25 bits per heavy atom. The Hall–Kier alpha value is -2.37. The number of rotatable bonds is 5. The Morgan fingerprint density at radius 3 is 2.90 bits per heavy atom. The zero-order valence-corrected chi connectivity index (χ0v) is 11.8. The lowest BCUT2D eigenvalue weighted by atomic mass is 10.2. The third-order valence-corrected chi connectivity index (χ3v) is 2.92. The molecule has 2 aromatic rings. The third kappa shape index (κ3) is 2.96. The van der Waals surface area contributed by atoms with Crippen LogP contribution in [0.2, 0.25) is 0 Å². The molecule has 0 unspecified atom stereocenters. The predicted octanol–water partition coefficient (Wildman–Crippen LogP) is 2.48. The van der Waals surface area contributed by atoms with E-state index in [-0.39, 0.29) is 5.97 Å². The quantitative estimate of drug-likeness (QED) is 0.845. The predicted molar refractivity (Wildman–Crippen MR) is 73.5 cm³/mol. The fourth-order valence-corrected chi connectivity index (χ4v) is 1.85. The van der Waals surface area contributed by atoms with E-state index in [1.54, 1.807) is 25.3 Å². The van der Waals surface area contributed by atoms with Gasteiger partial charge in [-0.3, -0.25) is 0 Å². The normalized spacial score (nSPS) is 10.3. The zero-order valence-electron chi connectivity index (χ0n) is 11.8. The fourth-order valence-electron chi connectivity index (χ4n) is 1.85. The minimum Gasteiger partial charge on any atom is -0.462 e. The van der Waals surface area contributed by atoms with E-state index in [2.05, 4.69) is 15.5 Å². The standard InChI is InChI=1S/C14H17N3O3/c1-4-19-14(18)11-6-5-7-15-13(11)16-8-12-9(2)17-20-10(12)3/h5-7H,4,8H2,1-3H3,(H,15,16). The van der Waals surface area contributed by atoms with E-state index in [1.807, 2.05) is 13.8 Å². The maximum Gasteiger partial charge on any atom is 0.341 e. The highest BCUT2D eigenvalue weighted by Crippen LogP contribution is 2.17. The molecule has 6 heteroatoms. The summed E-state index contributed by atoms with van der Waals surface area (Å²) in [6.07, 6.45) is 1.62. The van der Waals surface area contributed by atoms with Crippen LogP contribution in [0.4, 0.5) is 5.82 Å². The van der Waals surface area contributed by atoms with Crippen molar-refractivity contribution in [2.24, 2.45) is 0 Å². The molecule has 0 aliphatic heterocycles. The fraction of sp³-hybridized carbons (Fsp3) is 0.357. The van der Waals surface area contributed by atoms with E-state index >= 15 is 0 Å². The molecular weight excluding hydrogens is 258 g/mol. The summed E-state index contributed by atoms with van der Waals surface area (Å²) in [6.45, 7) is 6.31. The van der Waals surface area contributed by atoms with Crippen molar-refractivity contribution in [1.82, 2.24) is 10.1 Å². The van der Waals surface area contributed by atoms with Gasteiger partial charge in [0.2, 0.25) is 0 Å². The summed E-state index contributed by atoms with van der Waals surface area (Å²) >= 11 is 0. The number of pyridine rings is 1. The van der Waals surface area contributed by atoms with Gasteiger partial charge in [0.05, 0.1) is 12.3 Å². The lowest BCUT2D eigenvalue weighted by molar-refractivity contribution is 0.0527. The summed E-state index contributed by atoms with van der Waals surface area (Å²) in [5.41, 5.74) is 2.20. The van der Waals surface area contributed by atoms with Crippen LogP contribution in [0.1, 0.15) is 34.3 Å². The van der Waals surface area contributed by atoms with Crippen molar-refractivity contribution >= 4 is 11.8 Å². The number of anilines is 1. The maximum atomic E-state index is 11.8. The molecule has 0 radical (unpaired) electrons. The van der Waals surface area contributed by atoms with Crippen molar-refractivity contribution in [3.8, 4) is 0 Å². The van der Waals surface area contributed by atoms with Crippen LogP contribution in [-0.4, -0.2) is 22.7 Å². The summed E-state index contributed by atoms with van der Waals surface area (Å²) in [7, 11) is 0. The van der Waals surface area contributed by atoms with Crippen molar-refractivity contribution in [2.45, 2.75) is 27.3 Å². The van der Waals surface area contributed by atoms with Gasteiger partial charge in [0, 0.05) is 18.3 Å². The molecule has 2 heterocycles. The molecule has 0 amide bonds. The van der Waals surface area contributed by atoms with Gasteiger partial charge in [0.15, 0.2) is 0 Å². The zero-order chi connectivity index (χ0) is 14.5. The SMILES string of the molecule is CCOC(=O)c1cccnc1NCc1c(C)noc1C. The minimum absolute atomic E-state index is 0.330. The van der Waals surface area contributed by atoms with Gasteiger partial charge in [-0.05, 0) is 32.9 Å². The Bertz CT molecular complexity index is 588. The molecule has 0 saturated carbocycles. The van der Waals surface area contributed by atoms with Gasteiger partial charge in [-0.25, -0.2) is 9.78 Å². The number of esters is 1. The minimum atomic E-state index is -0.387. The van der Waals surface area contributed by atoms with Crippen LogP contribution in [0.5, 0.6) is 0 Å². The summed E-state index contributed by atoms with van der Waals surface area (Å²) in [5, 5.41) is 7.01. The summed E-state index contributed by atoms with van der Waals surface area (Å²) < 4.78 is 10.1. The van der Waals surface area contributed by atoms with E-state index < -0.39 is 0 Å². The van der Waals surface area contributed by atoms with Gasteiger partial charge in [0.25, 0.3) is 0 Å². The average Bonchev–Trinajstić information content (AvgIpc) is 2.76. The number of hydrogen-bond acceptors (Lipinski definition) is 6. The molecule has 0 saturated heterocycles. The molecule has 0 aliphatic rings. The van der Waals surface area contributed by atoms with Crippen LogP contribution in [0.15, 0.2) is 22.9 Å². The van der Waals surface area contributed by atoms with Crippen molar-refractivity contribution in [1.29, 1.82) is 0 Å². The van der Waals surface area contributed by atoms with Crippen molar-refractivity contribution < 1.29 is 14.1 Å². The molecule has 0 aromatic carbocycles. The number of carbonyl (C=O) groups excluding carboxylic acids is 1. The monoisotopic (exact) mass is 275 g/mol. The Balaban J connectivity index is 2.16. The van der Waals surface area contributed by atoms with Crippen LogP contribution < -0.4 is 5.32 Å². The van der Waals surface area contributed by atoms with Gasteiger partial charge in [-0.2, -0.15) is 0 Å². The second-order valence-electron chi connectivity index (χ2n) is 4.28. The molecule has 0 fully saturated rings. The van der Waals surface area contributed by atoms with E-state index in [0.717, 1.165) is 17.0 Å². The van der Waals surface area contributed by atoms with Crippen LogP contribution >= 0.6 is 0 Å². The second-order valence-corrected chi connectivity index (χ2v) is 4.28. The van der Waals surface area contributed by atoms with E-state index in [0.29, 0.717) is 24.5 Å². The Kier molecular flexibility index (Phi) is 4.34. The van der Waals surface area contributed by atoms with Crippen molar-refractivity contribution in [3.05, 3.63) is 40.9 Å². The van der Waals surface area contributed by atoms with Crippen LogP contribution in [0.3, 0.4) is 0 Å². The first kappa shape index (κ1) is 14.0. The Labute approximate surface area is 117 Å². The van der Waals surface area contributed by atoms with E-state index in [9.17, 15) is 4.79 Å². The molecule has 20 heavy (non-hydrogen) atoms. The van der Waals surface area contributed by atoms with Crippen LogP contribution in [0, 0.1) is 13.8 Å². The number of ether oxygens (including phenoxy) is 1. The molecular formula is C14H17N3O3. The molecule has 2 rings (SSSR count). The van der Waals surface area contributed by atoms with Crippen molar-refractivity contribution in [2.75, 3.05) is 11.9 Å². The highest BCUT2D eigenvalue weighted by molar-refractivity contribution is 5.94. The summed E-state index contributed by atoms with van der Waals surface area (Å²) in [6, 6.07) is 3.38. The Morgan fingerprint density at radius 1 is 1.45 bits per heavy atom. The summed E-state index contributed by atoms with van der Waals surface area (Å²) in [5.74, 6) is 0.858. The van der Waals surface area contributed by atoms with Crippen LogP contribution in [0.25, 0.3) is 0 Å². The molecule has 0 atom stereocenters. The first-order valence-electron chi connectivity index (χ1n) is 6.41. The smallest absolute Gasteiger partial charge is 0.341 e. The number of nitrogens with one attached hydrogen (secondary N) is 1.